The van der Waals surface area contributed by atoms with E-state index in [0.717, 1.165) is 0 Å². The molecule has 0 unspecified atom stereocenters. The minimum absolute atomic E-state index is 0.0607. The Morgan fingerprint density at radius 3 is 1.05 bits per heavy atom. The molecule has 0 aromatic heterocycles. The van der Waals surface area contributed by atoms with Crippen LogP contribution < -0.4 is 27.8 Å². The average Bonchev–Trinajstić information content (AvgIpc) is 2.59. The van der Waals surface area contributed by atoms with E-state index in [9.17, 15) is 0 Å². The summed E-state index contributed by atoms with van der Waals surface area (Å²) < 4.78 is 4.70. The molecule has 3 aromatic carbocycles. The Bertz CT molecular complexity index is 588. The van der Waals surface area contributed by atoms with Crippen molar-refractivity contribution >= 4 is 41.9 Å². The van der Waals surface area contributed by atoms with Crippen molar-refractivity contribution < 1.29 is 14.8 Å². The number of halogens is 2. The van der Waals surface area contributed by atoms with Crippen molar-refractivity contribution in [3.8, 4) is 0 Å². The van der Waals surface area contributed by atoms with Gasteiger partial charge in [-0.05, 0) is 0 Å². The van der Waals surface area contributed by atoms with Gasteiger partial charge in [0.05, 0.1) is 0 Å². The van der Waals surface area contributed by atoms with Gasteiger partial charge in [-0.25, -0.2) is 0 Å². The van der Waals surface area contributed by atoms with Gasteiger partial charge >= 0.3 is 148 Å². The fraction of sp³-hybridized carbons (Fsp3) is 0. The Kier molecular flexibility index (Phi) is 5.41. The van der Waals surface area contributed by atoms with Gasteiger partial charge in [-0.3, -0.25) is 0 Å². The number of benzene rings is 3. The second-order valence-electron chi connectivity index (χ2n) is 4.66. The summed E-state index contributed by atoms with van der Waals surface area (Å²) in [5.41, 5.74) is 0. The Morgan fingerprint density at radius 2 is 0.810 bits per heavy atom. The summed E-state index contributed by atoms with van der Waals surface area (Å²) >= 11 is 2.76. The van der Waals surface area contributed by atoms with Crippen LogP contribution >= 0.6 is 18.6 Å². The standard InChI is InChI=1S/C18H15AsI2/c20-21-19(16-10-4-1-5-11-16,17-12-6-2-7-13-17)18-14-8-3-9-15-18/h1-15H. The first-order valence-corrected chi connectivity index (χ1v) is 21.5. The van der Waals surface area contributed by atoms with Gasteiger partial charge in [0.1, 0.15) is 0 Å². The zero-order valence-electron chi connectivity index (χ0n) is 11.4. The average molecular weight is 560 g/mol. The Balaban J connectivity index is 2.29. The van der Waals surface area contributed by atoms with E-state index in [-0.39, 0.29) is 14.8 Å². The summed E-state index contributed by atoms with van der Waals surface area (Å²) in [6.45, 7) is 0. The van der Waals surface area contributed by atoms with Gasteiger partial charge in [0.25, 0.3) is 0 Å². The maximum absolute atomic E-state index is 2.70. The first-order chi connectivity index (χ1) is 10.4. The van der Waals surface area contributed by atoms with Crippen molar-refractivity contribution in [1.82, 2.24) is 0 Å². The Labute approximate surface area is 146 Å². The molecule has 3 rings (SSSR count). The fourth-order valence-electron chi connectivity index (χ4n) is 2.46. The molecule has 21 heavy (non-hydrogen) atoms. The molecule has 0 amide bonds. The van der Waals surface area contributed by atoms with Crippen LogP contribution in [-0.2, 0) is 0 Å². The van der Waals surface area contributed by atoms with Crippen LogP contribution in [0, 0.1) is 0 Å². The van der Waals surface area contributed by atoms with Crippen molar-refractivity contribution in [2.45, 2.75) is 0 Å². The molecule has 0 spiro atoms. The van der Waals surface area contributed by atoms with E-state index in [1.54, 1.807) is 13.1 Å². The van der Waals surface area contributed by atoms with Crippen molar-refractivity contribution in [2.24, 2.45) is 0 Å². The van der Waals surface area contributed by atoms with Crippen LogP contribution in [0.25, 0.3) is 0 Å². The van der Waals surface area contributed by atoms with Gasteiger partial charge in [-0.15, -0.1) is 0 Å². The molecule has 0 bridgehead atoms. The molecule has 3 aromatic rings. The molecule has 3 heteroatoms. The monoisotopic (exact) mass is 560 g/mol. The van der Waals surface area contributed by atoms with Crippen LogP contribution in [0.5, 0.6) is 0 Å². The Morgan fingerprint density at radius 1 is 0.524 bits per heavy atom. The molecule has 0 N–H and O–H groups in total. The zero-order valence-corrected chi connectivity index (χ0v) is 17.6. The molecule has 0 radical (unpaired) electrons. The number of rotatable bonds is 4. The molecule has 0 atom stereocenters. The third-order valence-corrected chi connectivity index (χ3v) is 40.8. The normalized spacial score (nSPS) is 11.5. The van der Waals surface area contributed by atoms with Crippen molar-refractivity contribution in [3.63, 3.8) is 0 Å². The third kappa shape index (κ3) is 3.08. The van der Waals surface area contributed by atoms with Gasteiger partial charge < -0.3 is 0 Å². The van der Waals surface area contributed by atoms with E-state index in [2.05, 4.69) is 110 Å². The minimum atomic E-state index is -2.23. The fourth-order valence-corrected chi connectivity index (χ4v) is 38.8. The van der Waals surface area contributed by atoms with E-state index in [1.165, 1.54) is 0 Å². The van der Waals surface area contributed by atoms with Crippen LogP contribution in [0.2, 0.25) is 0 Å². The Hall–Kier alpha value is -0.322. The van der Waals surface area contributed by atoms with E-state index >= 15 is 0 Å². The van der Waals surface area contributed by atoms with E-state index in [0.29, 0.717) is 0 Å². The summed E-state index contributed by atoms with van der Waals surface area (Å²) in [4.78, 5) is 0. The zero-order chi connectivity index (χ0) is 14.5. The van der Waals surface area contributed by atoms with Gasteiger partial charge in [0, 0.05) is 0 Å². The van der Waals surface area contributed by atoms with Crippen LogP contribution in [0.4, 0.5) is 0 Å². The topological polar surface area (TPSA) is 0 Å². The van der Waals surface area contributed by atoms with Crippen LogP contribution in [0.15, 0.2) is 91.0 Å². The predicted molar refractivity (Wildman–Crippen MR) is 98.0 cm³/mol. The van der Waals surface area contributed by atoms with E-state index in [1.807, 2.05) is 0 Å². The molecular formula is C18H15AsI2. The second-order valence-corrected chi connectivity index (χ2v) is 32.8. The van der Waals surface area contributed by atoms with E-state index < -0.39 is 10.2 Å². The molecule has 0 heterocycles. The molecule has 0 saturated carbocycles. The first-order valence-electron chi connectivity index (χ1n) is 6.71. The summed E-state index contributed by atoms with van der Waals surface area (Å²) in [6.07, 6.45) is 0. The van der Waals surface area contributed by atoms with Crippen LogP contribution in [-0.4, -0.2) is 10.2 Å². The van der Waals surface area contributed by atoms with Crippen molar-refractivity contribution in [2.75, 3.05) is 0 Å². The van der Waals surface area contributed by atoms with Crippen molar-refractivity contribution in [1.29, 1.82) is 0 Å². The molecule has 106 valence electrons. The number of hydrogen-bond donors (Lipinski definition) is 0. The predicted octanol–water partition coefficient (Wildman–Crippen LogP) is 0.0925. The maximum atomic E-state index is 2.70. The molecular weight excluding hydrogens is 545 g/mol. The molecule has 0 nitrogen and oxygen atoms in total. The second kappa shape index (κ2) is 7.29. The molecule has 0 saturated heterocycles. The van der Waals surface area contributed by atoms with Crippen molar-refractivity contribution in [3.05, 3.63) is 91.0 Å². The molecule has 0 aliphatic carbocycles. The third-order valence-electron chi connectivity index (χ3n) is 3.43. The summed E-state index contributed by atoms with van der Waals surface area (Å²) in [5.74, 6) is 0. The van der Waals surface area contributed by atoms with Gasteiger partial charge in [-0.1, -0.05) is 0 Å². The molecule has 0 fully saturated rings. The van der Waals surface area contributed by atoms with Crippen LogP contribution in [0.3, 0.4) is 0 Å². The summed E-state index contributed by atoms with van der Waals surface area (Å²) in [5, 5.41) is 0. The molecule has 0 aliphatic rings. The van der Waals surface area contributed by atoms with Crippen LogP contribution in [0.1, 0.15) is 0 Å². The SMILES string of the molecule is I[I-][As+](c1ccccc1)(c1ccccc1)c1ccccc1. The van der Waals surface area contributed by atoms with Gasteiger partial charge in [0.15, 0.2) is 0 Å². The van der Waals surface area contributed by atoms with Gasteiger partial charge in [-0.2, -0.15) is 0 Å². The quantitative estimate of drug-likeness (QED) is 0.314. The first kappa shape index (κ1) is 15.6. The van der Waals surface area contributed by atoms with E-state index in [4.69, 9.17) is 0 Å². The number of hydrogen-bond acceptors (Lipinski definition) is 0. The summed E-state index contributed by atoms with van der Waals surface area (Å²) in [7, 11) is -2.23. The van der Waals surface area contributed by atoms with Gasteiger partial charge in [0.2, 0.25) is 0 Å². The molecule has 0 aliphatic heterocycles. The summed E-state index contributed by atoms with van der Waals surface area (Å²) in [6, 6.07) is 33.5.